The minimum absolute atomic E-state index is 0.0284. The van der Waals surface area contributed by atoms with Gasteiger partial charge in [-0.3, -0.25) is 19.1 Å². The number of alkyl halides is 3. The van der Waals surface area contributed by atoms with E-state index in [-0.39, 0.29) is 46.7 Å². The smallest absolute Gasteiger partial charge is 0.433 e. The maximum Gasteiger partial charge on any atom is 0.433 e. The molecule has 3 fully saturated rings. The predicted molar refractivity (Wildman–Crippen MR) is 151 cm³/mol. The molecule has 3 atom stereocenters. The summed E-state index contributed by atoms with van der Waals surface area (Å²) in [7, 11) is 0. The summed E-state index contributed by atoms with van der Waals surface area (Å²) in [5.74, 6) is -1.83. The third-order valence-electron chi connectivity index (χ3n) is 10.0. The van der Waals surface area contributed by atoms with Crippen molar-refractivity contribution in [2.24, 2.45) is 22.7 Å². The van der Waals surface area contributed by atoms with Crippen molar-refractivity contribution in [3.63, 3.8) is 0 Å². The molecule has 1 unspecified atom stereocenters. The number of fused-ring (bicyclic) bond motifs is 1. The normalized spacial score (nSPS) is 28.3. The van der Waals surface area contributed by atoms with Gasteiger partial charge in [0.05, 0.1) is 45.4 Å². The molecule has 5 rings (SSSR count). The van der Waals surface area contributed by atoms with E-state index in [4.69, 9.17) is 23.2 Å². The predicted octanol–water partition coefficient (Wildman–Crippen LogP) is 7.48. The maximum atomic E-state index is 14.6. The van der Waals surface area contributed by atoms with Crippen molar-refractivity contribution in [2.45, 2.75) is 84.5 Å². The van der Waals surface area contributed by atoms with Crippen LogP contribution in [0.2, 0.25) is 10.0 Å². The monoisotopic (exact) mass is 627 g/mol. The van der Waals surface area contributed by atoms with Gasteiger partial charge < -0.3 is 10.0 Å². The van der Waals surface area contributed by atoms with Crippen LogP contribution in [0, 0.1) is 29.6 Å². The molecule has 7 nitrogen and oxygen atoms in total. The largest absolute Gasteiger partial charge is 0.481 e. The Morgan fingerprint density at radius 3 is 2.12 bits per heavy atom. The van der Waals surface area contributed by atoms with Gasteiger partial charge in [0.2, 0.25) is 0 Å². The van der Waals surface area contributed by atoms with Gasteiger partial charge in [0.25, 0.3) is 5.91 Å². The molecule has 0 spiro atoms. The molecule has 2 aromatic rings. The summed E-state index contributed by atoms with van der Waals surface area (Å²) >= 11 is 12.7. The SMILES string of the molecule is Cc1cc(Cl)c(C(=O)CN(C(=O)c2cnn(C3CCC(C)(C(=O)O)CC3)c2C(F)(F)F)C2C[C@@H]3[C@H](C2)C3(C)C)c(Cl)c1. The van der Waals surface area contributed by atoms with Gasteiger partial charge in [0, 0.05) is 6.04 Å². The fraction of sp³-hybridized carbons (Fsp3) is 0.600. The fourth-order valence-electron chi connectivity index (χ4n) is 7.23. The number of carboxylic acids is 1. The number of carbonyl (C=O) groups is 3. The molecule has 1 aromatic heterocycles. The van der Waals surface area contributed by atoms with E-state index in [1.807, 2.05) is 0 Å². The van der Waals surface area contributed by atoms with Crippen molar-refractivity contribution in [1.29, 1.82) is 0 Å². The molecule has 3 aliphatic carbocycles. The van der Waals surface area contributed by atoms with Gasteiger partial charge in [0.1, 0.15) is 0 Å². The first kappa shape index (κ1) is 30.9. The number of carbonyl (C=O) groups excluding carboxylic acids is 2. The minimum Gasteiger partial charge on any atom is -0.481 e. The third kappa shape index (κ3) is 5.34. The first-order valence-electron chi connectivity index (χ1n) is 14.1. The van der Waals surface area contributed by atoms with E-state index >= 15 is 0 Å². The summed E-state index contributed by atoms with van der Waals surface area (Å²) in [5.41, 5.74) is -1.96. The van der Waals surface area contributed by atoms with Gasteiger partial charge in [-0.05, 0) is 87.3 Å². The van der Waals surface area contributed by atoms with Crippen LogP contribution in [0.3, 0.4) is 0 Å². The van der Waals surface area contributed by atoms with Gasteiger partial charge in [-0.25, -0.2) is 0 Å². The van der Waals surface area contributed by atoms with Crippen LogP contribution in [0.4, 0.5) is 13.2 Å². The van der Waals surface area contributed by atoms with Crippen LogP contribution >= 0.6 is 23.2 Å². The van der Waals surface area contributed by atoms with Gasteiger partial charge in [-0.1, -0.05) is 37.0 Å². The number of halogens is 5. The van der Waals surface area contributed by atoms with Crippen LogP contribution in [0.15, 0.2) is 18.3 Å². The summed E-state index contributed by atoms with van der Waals surface area (Å²) < 4.78 is 44.6. The Morgan fingerprint density at radius 2 is 1.62 bits per heavy atom. The standard InChI is InChI=1S/C30H34Cl2F3N3O4/c1-15-9-21(31)24(22(32)10-15)23(39)14-37(17-11-19-20(12-17)28(19,2)3)26(40)18-13-36-38(25(18)30(33,34)35)16-5-7-29(4,8-6-16)27(41)42/h9-10,13,16-17,19-20H,5-8,11-12,14H2,1-4H3,(H,41,42)/t16?,17?,19-,20+,29?. The first-order valence-corrected chi connectivity index (χ1v) is 14.9. The second-order valence-corrected chi connectivity index (χ2v) is 13.9. The highest BCUT2D eigenvalue weighted by Gasteiger charge is 2.63. The molecule has 3 aliphatic rings. The molecule has 0 radical (unpaired) electrons. The lowest BCUT2D eigenvalue weighted by Crippen LogP contribution is -2.44. The van der Waals surface area contributed by atoms with Crippen molar-refractivity contribution in [2.75, 3.05) is 6.54 Å². The molecule has 1 heterocycles. The fourth-order valence-corrected chi connectivity index (χ4v) is 8.04. The number of hydrogen-bond acceptors (Lipinski definition) is 4. The zero-order valence-corrected chi connectivity index (χ0v) is 25.4. The van der Waals surface area contributed by atoms with E-state index in [0.717, 1.165) is 16.4 Å². The number of rotatable bonds is 7. The van der Waals surface area contributed by atoms with Crippen LogP contribution in [0.1, 0.15) is 97.3 Å². The molecular weight excluding hydrogens is 594 g/mol. The van der Waals surface area contributed by atoms with Crippen LogP contribution < -0.4 is 0 Å². The molecule has 42 heavy (non-hydrogen) atoms. The van der Waals surface area contributed by atoms with E-state index < -0.39 is 59.1 Å². The summed E-state index contributed by atoms with van der Waals surface area (Å²) in [6.07, 6.45) is -2.09. The van der Waals surface area contributed by atoms with Gasteiger partial charge in [-0.15, -0.1) is 0 Å². The quantitative estimate of drug-likeness (QED) is 0.321. The average Bonchev–Trinajstić information content (AvgIpc) is 3.30. The molecule has 3 saturated carbocycles. The van der Waals surface area contributed by atoms with Gasteiger partial charge >= 0.3 is 12.1 Å². The highest BCUT2D eigenvalue weighted by Crippen LogP contribution is 2.67. The molecule has 0 saturated heterocycles. The second-order valence-electron chi connectivity index (χ2n) is 13.1. The maximum absolute atomic E-state index is 14.6. The van der Waals surface area contributed by atoms with Gasteiger partial charge in [-0.2, -0.15) is 18.3 Å². The number of carboxylic acid groups (broad SMARTS) is 1. The van der Waals surface area contributed by atoms with Gasteiger partial charge in [0.15, 0.2) is 11.5 Å². The Kier molecular flexibility index (Phi) is 7.74. The summed E-state index contributed by atoms with van der Waals surface area (Å²) in [6, 6.07) is 2.01. The zero-order valence-electron chi connectivity index (χ0n) is 23.9. The number of hydrogen-bond donors (Lipinski definition) is 1. The summed E-state index contributed by atoms with van der Waals surface area (Å²) in [5, 5.41) is 13.8. The molecule has 12 heteroatoms. The minimum atomic E-state index is -4.91. The van der Waals surface area contributed by atoms with E-state index in [2.05, 4.69) is 18.9 Å². The Hall–Kier alpha value is -2.59. The molecule has 1 amide bonds. The van der Waals surface area contributed by atoms with E-state index in [0.29, 0.717) is 24.7 Å². The summed E-state index contributed by atoms with van der Waals surface area (Å²) in [6.45, 7) is 7.14. The number of ketones is 1. The Balaban J connectivity index is 1.48. The highest BCUT2D eigenvalue weighted by molar-refractivity contribution is 6.40. The number of nitrogens with zero attached hydrogens (tertiary/aromatic N) is 3. The number of Topliss-reactive ketones (excluding diaryl/α,β-unsaturated/α-hetero) is 1. The van der Waals surface area contributed by atoms with Crippen LogP contribution in [0.5, 0.6) is 0 Å². The lowest BCUT2D eigenvalue weighted by atomic mass is 9.74. The number of benzene rings is 1. The van der Waals surface area contributed by atoms with Crippen molar-refractivity contribution >= 4 is 40.9 Å². The van der Waals surface area contributed by atoms with E-state index in [1.165, 1.54) is 4.90 Å². The lowest BCUT2D eigenvalue weighted by Gasteiger charge is -2.35. The molecule has 1 N–H and O–H groups in total. The second kappa shape index (κ2) is 10.5. The van der Waals surface area contributed by atoms with Crippen molar-refractivity contribution < 1.29 is 32.7 Å². The molecule has 0 aliphatic heterocycles. The zero-order chi connectivity index (χ0) is 30.9. The lowest BCUT2D eigenvalue weighted by molar-refractivity contribution is -0.152. The molecule has 228 valence electrons. The van der Waals surface area contributed by atoms with Crippen molar-refractivity contribution in [3.05, 3.63) is 50.8 Å². The molecular formula is C30H34Cl2F3N3O4. The van der Waals surface area contributed by atoms with E-state index in [9.17, 15) is 32.7 Å². The Labute approximate surface area is 252 Å². The first-order chi connectivity index (χ1) is 19.5. The Bertz CT molecular complexity index is 1410. The number of amides is 1. The average molecular weight is 629 g/mol. The number of aryl methyl sites for hydroxylation is 1. The van der Waals surface area contributed by atoms with E-state index in [1.54, 1.807) is 26.0 Å². The van der Waals surface area contributed by atoms with Crippen LogP contribution in [-0.2, 0) is 11.0 Å². The van der Waals surface area contributed by atoms with Crippen LogP contribution in [-0.4, -0.2) is 50.0 Å². The number of aliphatic carboxylic acids is 1. The van der Waals surface area contributed by atoms with Crippen molar-refractivity contribution in [3.8, 4) is 0 Å². The molecule has 0 bridgehead atoms. The van der Waals surface area contributed by atoms with Crippen molar-refractivity contribution in [1.82, 2.24) is 14.7 Å². The summed E-state index contributed by atoms with van der Waals surface area (Å²) in [4.78, 5) is 40.5. The third-order valence-corrected chi connectivity index (χ3v) is 10.6. The number of aromatic nitrogens is 2. The molecule has 1 aromatic carbocycles. The topological polar surface area (TPSA) is 92.5 Å². The Morgan fingerprint density at radius 1 is 1.07 bits per heavy atom. The van der Waals surface area contributed by atoms with Crippen LogP contribution in [0.25, 0.3) is 0 Å². The highest BCUT2D eigenvalue weighted by atomic mass is 35.5.